The zero-order valence-electron chi connectivity index (χ0n) is 12.7. The summed E-state index contributed by atoms with van der Waals surface area (Å²) >= 11 is 1.57. The molecule has 0 saturated heterocycles. The lowest BCUT2D eigenvalue weighted by Crippen LogP contribution is -2.36. The van der Waals surface area contributed by atoms with E-state index in [-0.39, 0.29) is 5.91 Å². The summed E-state index contributed by atoms with van der Waals surface area (Å²) in [6, 6.07) is 4.25. The van der Waals surface area contributed by atoms with Crippen LogP contribution in [-0.4, -0.2) is 26.3 Å². The van der Waals surface area contributed by atoms with Gasteiger partial charge in [0.15, 0.2) is 4.96 Å². The minimum Gasteiger partial charge on any atom is -0.348 e. The van der Waals surface area contributed by atoms with Gasteiger partial charge in [-0.15, -0.1) is 0 Å². The van der Waals surface area contributed by atoms with E-state index in [0.717, 1.165) is 28.2 Å². The van der Waals surface area contributed by atoms with Crippen LogP contribution in [0.15, 0.2) is 36.9 Å². The minimum atomic E-state index is -0.0595. The highest BCUT2D eigenvalue weighted by atomic mass is 32.1. The predicted octanol–water partition coefficient (Wildman–Crippen LogP) is 3.52. The number of amides is 1. The van der Waals surface area contributed by atoms with Gasteiger partial charge < -0.3 is 5.32 Å². The molecule has 0 unspecified atom stereocenters. The van der Waals surface area contributed by atoms with E-state index in [2.05, 4.69) is 15.3 Å². The number of carbonyl (C=O) groups excluding carboxylic acids is 1. The van der Waals surface area contributed by atoms with E-state index in [9.17, 15) is 4.79 Å². The highest BCUT2D eigenvalue weighted by Crippen LogP contribution is 2.28. The molecule has 0 aromatic carbocycles. The Morgan fingerprint density at radius 1 is 1.26 bits per heavy atom. The Morgan fingerprint density at radius 3 is 2.87 bits per heavy atom. The van der Waals surface area contributed by atoms with E-state index in [0.29, 0.717) is 11.7 Å². The summed E-state index contributed by atoms with van der Waals surface area (Å²) in [4.78, 5) is 22.9. The molecule has 3 heterocycles. The van der Waals surface area contributed by atoms with Gasteiger partial charge in [0, 0.05) is 36.4 Å². The van der Waals surface area contributed by atoms with Gasteiger partial charge >= 0.3 is 0 Å². The van der Waals surface area contributed by atoms with Gasteiger partial charge in [0.1, 0.15) is 5.69 Å². The summed E-state index contributed by atoms with van der Waals surface area (Å²) in [6.45, 7) is 0. The van der Waals surface area contributed by atoms with Crippen LogP contribution in [0.3, 0.4) is 0 Å². The molecule has 0 atom stereocenters. The maximum absolute atomic E-state index is 12.3. The predicted molar refractivity (Wildman–Crippen MR) is 90.6 cm³/mol. The van der Waals surface area contributed by atoms with Gasteiger partial charge in [-0.3, -0.25) is 14.2 Å². The summed E-state index contributed by atoms with van der Waals surface area (Å²) in [5.41, 5.74) is 1.57. The number of rotatable bonds is 3. The SMILES string of the molecule is O=C(NC1CCCCC1)c1cn2cc(-c3cccnc3)sc2n1. The Balaban J connectivity index is 1.53. The molecule has 1 aliphatic rings. The first-order valence-corrected chi connectivity index (χ1v) is 8.81. The maximum Gasteiger partial charge on any atom is 0.271 e. The second-order valence-electron chi connectivity index (χ2n) is 5.96. The zero-order valence-corrected chi connectivity index (χ0v) is 13.6. The Hall–Kier alpha value is -2.21. The van der Waals surface area contributed by atoms with Crippen molar-refractivity contribution in [2.45, 2.75) is 38.1 Å². The van der Waals surface area contributed by atoms with E-state index in [1.807, 2.05) is 35.1 Å². The first-order chi connectivity index (χ1) is 11.3. The summed E-state index contributed by atoms with van der Waals surface area (Å²) in [5, 5.41) is 3.11. The molecule has 3 aromatic heterocycles. The number of thiazole rings is 1. The Labute approximate surface area is 138 Å². The number of fused-ring (bicyclic) bond motifs is 1. The monoisotopic (exact) mass is 326 g/mol. The van der Waals surface area contributed by atoms with Crippen molar-refractivity contribution < 1.29 is 4.79 Å². The molecule has 5 nitrogen and oxygen atoms in total. The Morgan fingerprint density at radius 2 is 2.13 bits per heavy atom. The van der Waals surface area contributed by atoms with Crippen LogP contribution in [0.4, 0.5) is 0 Å². The molecule has 1 aliphatic carbocycles. The maximum atomic E-state index is 12.3. The number of hydrogen-bond donors (Lipinski definition) is 1. The first-order valence-electron chi connectivity index (χ1n) is 7.99. The first kappa shape index (κ1) is 14.4. The summed E-state index contributed by atoms with van der Waals surface area (Å²) in [6.07, 6.45) is 13.3. The van der Waals surface area contributed by atoms with Crippen molar-refractivity contribution in [2.75, 3.05) is 0 Å². The van der Waals surface area contributed by atoms with Gasteiger partial charge in [-0.1, -0.05) is 36.7 Å². The lowest BCUT2D eigenvalue weighted by molar-refractivity contribution is 0.0923. The topological polar surface area (TPSA) is 59.3 Å². The zero-order chi connectivity index (χ0) is 15.6. The molecule has 0 bridgehead atoms. The highest BCUT2D eigenvalue weighted by Gasteiger charge is 2.19. The van der Waals surface area contributed by atoms with Crippen molar-refractivity contribution in [2.24, 2.45) is 0 Å². The fraction of sp³-hybridized carbons (Fsp3) is 0.353. The number of nitrogens with one attached hydrogen (secondary N) is 1. The van der Waals surface area contributed by atoms with Gasteiger partial charge in [-0.2, -0.15) is 0 Å². The second-order valence-corrected chi connectivity index (χ2v) is 6.97. The number of hydrogen-bond acceptors (Lipinski definition) is 4. The third-order valence-electron chi connectivity index (χ3n) is 4.28. The lowest BCUT2D eigenvalue weighted by atomic mass is 9.95. The summed E-state index contributed by atoms with van der Waals surface area (Å²) in [5.74, 6) is -0.0595. The molecule has 6 heteroatoms. The van der Waals surface area contributed by atoms with E-state index >= 15 is 0 Å². The normalized spacial score (nSPS) is 15.8. The number of aromatic nitrogens is 3. The molecule has 0 spiro atoms. The number of carbonyl (C=O) groups is 1. The molecule has 1 fully saturated rings. The fourth-order valence-corrected chi connectivity index (χ4v) is 4.01. The van der Waals surface area contributed by atoms with Crippen molar-refractivity contribution in [3.05, 3.63) is 42.6 Å². The Bertz CT molecular complexity index is 786. The molecule has 1 N–H and O–H groups in total. The second kappa shape index (κ2) is 6.12. The van der Waals surface area contributed by atoms with Crippen molar-refractivity contribution >= 4 is 22.2 Å². The largest absolute Gasteiger partial charge is 0.348 e. The number of nitrogens with zero attached hydrogens (tertiary/aromatic N) is 3. The van der Waals surface area contributed by atoms with Crippen molar-refractivity contribution in [1.29, 1.82) is 0 Å². The average Bonchev–Trinajstić information content (AvgIpc) is 3.15. The molecule has 23 heavy (non-hydrogen) atoms. The Kier molecular flexibility index (Phi) is 3.83. The van der Waals surface area contributed by atoms with E-state index < -0.39 is 0 Å². The van der Waals surface area contributed by atoms with E-state index in [1.165, 1.54) is 19.3 Å². The molecule has 3 aromatic rings. The molecule has 1 saturated carbocycles. The number of imidazole rings is 1. The smallest absolute Gasteiger partial charge is 0.271 e. The lowest BCUT2D eigenvalue weighted by Gasteiger charge is -2.22. The molecule has 4 rings (SSSR count). The van der Waals surface area contributed by atoms with Crippen LogP contribution in [0.1, 0.15) is 42.6 Å². The van der Waals surface area contributed by atoms with Gasteiger partial charge in [0.05, 0.1) is 4.88 Å². The third kappa shape index (κ3) is 2.99. The number of pyridine rings is 1. The standard InChI is InChI=1S/C17H18N4OS/c22-16(19-13-6-2-1-3-7-13)14-10-21-11-15(23-17(21)20-14)12-5-4-8-18-9-12/h4-5,8-11,13H,1-3,6-7H2,(H,19,22). The minimum absolute atomic E-state index is 0.0595. The van der Waals surface area contributed by atoms with Gasteiger partial charge in [-0.05, 0) is 18.9 Å². The molecular formula is C17H18N4OS. The van der Waals surface area contributed by atoms with Gasteiger partial charge in [0.2, 0.25) is 0 Å². The van der Waals surface area contributed by atoms with E-state index in [1.54, 1.807) is 17.5 Å². The molecule has 0 radical (unpaired) electrons. The summed E-state index contributed by atoms with van der Waals surface area (Å²) in [7, 11) is 0. The third-order valence-corrected chi connectivity index (χ3v) is 5.32. The summed E-state index contributed by atoms with van der Waals surface area (Å²) < 4.78 is 1.92. The average molecular weight is 326 g/mol. The van der Waals surface area contributed by atoms with Crippen molar-refractivity contribution in [3.63, 3.8) is 0 Å². The molecule has 118 valence electrons. The van der Waals surface area contributed by atoms with Gasteiger partial charge in [0.25, 0.3) is 5.91 Å². The molecule has 1 amide bonds. The molecule has 0 aliphatic heterocycles. The van der Waals surface area contributed by atoms with Crippen molar-refractivity contribution in [3.8, 4) is 10.4 Å². The van der Waals surface area contributed by atoms with Crippen LogP contribution in [0, 0.1) is 0 Å². The highest BCUT2D eigenvalue weighted by molar-refractivity contribution is 7.20. The van der Waals surface area contributed by atoms with Crippen LogP contribution in [0.25, 0.3) is 15.4 Å². The van der Waals surface area contributed by atoms with Gasteiger partial charge in [-0.25, -0.2) is 4.98 Å². The van der Waals surface area contributed by atoms with E-state index in [4.69, 9.17) is 0 Å². The van der Waals surface area contributed by atoms with Crippen LogP contribution < -0.4 is 5.32 Å². The fourth-order valence-electron chi connectivity index (χ4n) is 3.05. The van der Waals surface area contributed by atoms with Crippen molar-refractivity contribution in [1.82, 2.24) is 19.7 Å². The quantitative estimate of drug-likeness (QED) is 0.801. The van der Waals surface area contributed by atoms with Crippen LogP contribution in [-0.2, 0) is 0 Å². The van der Waals surface area contributed by atoms with Crippen LogP contribution >= 0.6 is 11.3 Å². The van der Waals surface area contributed by atoms with Crippen LogP contribution in [0.2, 0.25) is 0 Å². The van der Waals surface area contributed by atoms with Crippen LogP contribution in [0.5, 0.6) is 0 Å². The molecular weight excluding hydrogens is 308 g/mol.